The van der Waals surface area contributed by atoms with Crippen molar-refractivity contribution in [1.29, 1.82) is 0 Å². The third kappa shape index (κ3) is 1.31. The van der Waals surface area contributed by atoms with Crippen LogP contribution in [0.4, 0.5) is 0 Å². The fraction of sp³-hybridized carbons (Fsp3) is 0.250. The molecule has 0 saturated carbocycles. The van der Waals surface area contributed by atoms with E-state index < -0.39 is 5.41 Å². The lowest BCUT2D eigenvalue weighted by Gasteiger charge is -2.29. The summed E-state index contributed by atoms with van der Waals surface area (Å²) in [6, 6.07) is 5.34. The number of aryl methyl sites for hydroxylation is 1. The molecule has 1 aromatic rings. The second-order valence-corrected chi connectivity index (χ2v) is 3.66. The standard InChI is InChI=1S/C12H10O2/c1-8-4-5-9-10(6-8)14-7-12(2,3)11(9)13/h2-6H,7H2,1H3. The number of Topliss-reactive ketones (excluding diaryl/α,β-unsaturated/α-hetero) is 1. The smallest absolute Gasteiger partial charge is 0.176 e. The largest absolute Gasteiger partial charge is 0.492 e. The number of ketones is 1. The van der Waals surface area contributed by atoms with Crippen LogP contribution >= 0.6 is 0 Å². The zero-order valence-corrected chi connectivity index (χ0v) is 7.91. The predicted molar refractivity (Wildman–Crippen MR) is 52.0 cm³/mol. The van der Waals surface area contributed by atoms with Crippen molar-refractivity contribution in [2.75, 3.05) is 6.61 Å². The van der Waals surface area contributed by atoms with Gasteiger partial charge in [0.1, 0.15) is 12.4 Å². The molecular formula is C12H10O2. The van der Waals surface area contributed by atoms with Crippen LogP contribution in [0.5, 0.6) is 5.75 Å². The summed E-state index contributed by atoms with van der Waals surface area (Å²) >= 11 is 0. The van der Waals surface area contributed by atoms with Crippen LogP contribution in [0.2, 0.25) is 0 Å². The molecule has 0 aliphatic carbocycles. The molecule has 0 unspecified atom stereocenters. The molecule has 0 aromatic heterocycles. The van der Waals surface area contributed by atoms with Crippen molar-refractivity contribution in [2.45, 2.75) is 6.92 Å². The highest BCUT2D eigenvalue weighted by Gasteiger charge is 2.36. The van der Waals surface area contributed by atoms with E-state index in [1.54, 1.807) is 6.07 Å². The van der Waals surface area contributed by atoms with E-state index in [2.05, 4.69) is 0 Å². The first-order chi connectivity index (χ1) is 6.50. The molecule has 0 N–H and O–H groups in total. The SMILES string of the molecule is [CH]C1([CH])COc2cc(C)ccc2C1=O. The number of carbonyl (C=O) groups excluding carboxylic acids is 1. The van der Waals surface area contributed by atoms with Crippen molar-refractivity contribution in [3.63, 3.8) is 0 Å². The Morgan fingerprint density at radius 3 is 2.86 bits per heavy atom. The second kappa shape index (κ2) is 2.84. The highest BCUT2D eigenvalue weighted by molar-refractivity contribution is 6.04. The summed E-state index contributed by atoms with van der Waals surface area (Å²) < 4.78 is 5.32. The van der Waals surface area contributed by atoms with Crippen LogP contribution in [0.15, 0.2) is 18.2 Å². The average molecular weight is 186 g/mol. The summed E-state index contributed by atoms with van der Waals surface area (Å²) in [5.41, 5.74) is 0.118. The molecule has 0 bridgehead atoms. The fourth-order valence-corrected chi connectivity index (χ4v) is 1.45. The number of hydrogen-bond acceptors (Lipinski definition) is 2. The van der Waals surface area contributed by atoms with Crippen molar-refractivity contribution >= 4 is 5.78 Å². The van der Waals surface area contributed by atoms with E-state index in [0.29, 0.717) is 11.3 Å². The van der Waals surface area contributed by atoms with Crippen molar-refractivity contribution < 1.29 is 9.53 Å². The van der Waals surface area contributed by atoms with E-state index in [-0.39, 0.29) is 12.4 Å². The van der Waals surface area contributed by atoms with Gasteiger partial charge in [-0.15, -0.1) is 0 Å². The summed E-state index contributed by atoms with van der Waals surface area (Å²) in [5, 5.41) is 0. The zero-order valence-electron chi connectivity index (χ0n) is 7.91. The van der Waals surface area contributed by atoms with Crippen LogP contribution in [-0.4, -0.2) is 12.4 Å². The van der Waals surface area contributed by atoms with E-state index >= 15 is 0 Å². The third-order valence-electron chi connectivity index (χ3n) is 2.27. The van der Waals surface area contributed by atoms with Crippen LogP contribution in [0.3, 0.4) is 0 Å². The Hall–Kier alpha value is -1.31. The molecule has 70 valence electrons. The van der Waals surface area contributed by atoms with Gasteiger partial charge in [0.05, 0.1) is 11.0 Å². The molecule has 0 amide bonds. The van der Waals surface area contributed by atoms with E-state index in [4.69, 9.17) is 18.6 Å². The minimum absolute atomic E-state index is 0.0300. The molecule has 4 radical (unpaired) electrons. The van der Waals surface area contributed by atoms with Gasteiger partial charge in [-0.2, -0.15) is 0 Å². The molecule has 14 heavy (non-hydrogen) atoms. The Morgan fingerprint density at radius 1 is 1.43 bits per heavy atom. The summed E-state index contributed by atoms with van der Waals surface area (Å²) in [6.45, 7) is 13.1. The minimum atomic E-state index is -1.39. The van der Waals surface area contributed by atoms with Crippen LogP contribution in [-0.2, 0) is 0 Å². The molecule has 0 spiro atoms. The van der Waals surface area contributed by atoms with Gasteiger partial charge < -0.3 is 4.74 Å². The normalized spacial score (nSPS) is 18.6. The number of ether oxygens (including phenoxy) is 1. The van der Waals surface area contributed by atoms with Gasteiger partial charge in [-0.1, -0.05) is 6.07 Å². The van der Waals surface area contributed by atoms with Crippen LogP contribution < -0.4 is 4.74 Å². The number of fused-ring (bicyclic) bond motifs is 1. The number of carbonyl (C=O) groups is 1. The first-order valence-corrected chi connectivity index (χ1v) is 4.37. The third-order valence-corrected chi connectivity index (χ3v) is 2.27. The van der Waals surface area contributed by atoms with Crippen LogP contribution in [0, 0.1) is 26.2 Å². The first-order valence-electron chi connectivity index (χ1n) is 4.37. The quantitative estimate of drug-likeness (QED) is 0.619. The molecule has 2 heteroatoms. The topological polar surface area (TPSA) is 26.3 Å². The molecule has 1 aliphatic heterocycles. The Balaban J connectivity index is 2.52. The lowest BCUT2D eigenvalue weighted by Crippen LogP contribution is -2.36. The average Bonchev–Trinajstić information content (AvgIpc) is 2.12. The van der Waals surface area contributed by atoms with Gasteiger partial charge in [-0.3, -0.25) is 4.79 Å². The molecule has 2 rings (SSSR count). The van der Waals surface area contributed by atoms with Crippen molar-refractivity contribution in [2.24, 2.45) is 5.41 Å². The molecule has 1 aliphatic rings. The first kappa shape index (κ1) is 9.25. The van der Waals surface area contributed by atoms with Crippen LogP contribution in [0.25, 0.3) is 0 Å². The van der Waals surface area contributed by atoms with E-state index in [0.717, 1.165) is 5.56 Å². The maximum Gasteiger partial charge on any atom is 0.176 e. The zero-order chi connectivity index (χ0) is 10.3. The minimum Gasteiger partial charge on any atom is -0.492 e. The Morgan fingerprint density at radius 2 is 2.14 bits per heavy atom. The molecule has 2 nitrogen and oxygen atoms in total. The Labute approximate surface area is 83.9 Å². The maximum atomic E-state index is 11.7. The summed E-state index contributed by atoms with van der Waals surface area (Å²) in [5.74, 6) is 0.306. The lowest BCUT2D eigenvalue weighted by molar-refractivity contribution is 0.0781. The van der Waals surface area contributed by atoms with Gasteiger partial charge >= 0.3 is 0 Å². The molecule has 0 saturated heterocycles. The molecule has 1 aromatic carbocycles. The highest BCUT2D eigenvalue weighted by Crippen LogP contribution is 2.33. The highest BCUT2D eigenvalue weighted by atomic mass is 16.5. The van der Waals surface area contributed by atoms with E-state index in [9.17, 15) is 4.79 Å². The van der Waals surface area contributed by atoms with Gasteiger partial charge in [-0.05, 0) is 38.5 Å². The molecule has 0 fully saturated rings. The Kier molecular flexibility index (Phi) is 1.88. The predicted octanol–water partition coefficient (Wildman–Crippen LogP) is 1.98. The summed E-state index contributed by atoms with van der Waals surface area (Å²) in [4.78, 5) is 11.7. The fourth-order valence-electron chi connectivity index (χ4n) is 1.45. The monoisotopic (exact) mass is 186 g/mol. The van der Waals surface area contributed by atoms with E-state index in [1.165, 1.54) is 0 Å². The number of benzene rings is 1. The number of rotatable bonds is 0. The van der Waals surface area contributed by atoms with Gasteiger partial charge in [0, 0.05) is 0 Å². The van der Waals surface area contributed by atoms with Crippen molar-refractivity contribution in [3.8, 4) is 5.75 Å². The second-order valence-electron chi connectivity index (χ2n) is 3.66. The van der Waals surface area contributed by atoms with Gasteiger partial charge in [0.2, 0.25) is 0 Å². The van der Waals surface area contributed by atoms with Gasteiger partial charge in [0.25, 0.3) is 0 Å². The number of hydrogen-bond donors (Lipinski definition) is 0. The molecular weight excluding hydrogens is 176 g/mol. The Bertz CT molecular complexity index is 391. The maximum absolute atomic E-state index is 11.7. The van der Waals surface area contributed by atoms with Crippen LogP contribution in [0.1, 0.15) is 15.9 Å². The van der Waals surface area contributed by atoms with Crippen molar-refractivity contribution in [3.05, 3.63) is 43.2 Å². The van der Waals surface area contributed by atoms with E-state index in [1.807, 2.05) is 19.1 Å². The van der Waals surface area contributed by atoms with Crippen molar-refractivity contribution in [1.82, 2.24) is 0 Å². The summed E-state index contributed by atoms with van der Waals surface area (Å²) in [7, 11) is 0. The molecule has 0 atom stereocenters. The lowest BCUT2D eigenvalue weighted by atomic mass is 9.83. The van der Waals surface area contributed by atoms with Gasteiger partial charge in [-0.25, -0.2) is 0 Å². The molecule has 1 heterocycles. The summed E-state index contributed by atoms with van der Waals surface area (Å²) in [6.07, 6.45) is 0. The van der Waals surface area contributed by atoms with Gasteiger partial charge in [0.15, 0.2) is 5.78 Å².